The van der Waals surface area contributed by atoms with Gasteiger partial charge in [-0.25, -0.2) is 0 Å². The first kappa shape index (κ1) is 15.0. The fourth-order valence-corrected chi connectivity index (χ4v) is 3.33. The molecule has 2 heterocycles. The first-order valence-corrected chi connectivity index (χ1v) is 8.17. The van der Waals surface area contributed by atoms with Crippen LogP contribution in [0.25, 0.3) is 10.7 Å². The minimum absolute atomic E-state index is 0.241. The molecule has 0 aliphatic carbocycles. The van der Waals surface area contributed by atoms with Crippen LogP contribution in [0.3, 0.4) is 0 Å². The number of aromatic nitrogens is 2. The van der Waals surface area contributed by atoms with E-state index in [1.165, 1.54) is 11.3 Å². The molecule has 0 spiro atoms. The Morgan fingerprint density at radius 2 is 2.00 bits per heavy atom. The summed E-state index contributed by atoms with van der Waals surface area (Å²) in [7, 11) is 1.58. The molecule has 5 nitrogen and oxygen atoms in total. The first-order valence-electron chi connectivity index (χ1n) is 6.20. The number of ether oxygens (including phenoxy) is 1. The van der Waals surface area contributed by atoms with Gasteiger partial charge in [-0.2, -0.15) is 9.36 Å². The minimum Gasteiger partial charge on any atom is -0.497 e. The number of methoxy groups -OCH3 is 1. The second-order valence-electron chi connectivity index (χ2n) is 4.21. The van der Waals surface area contributed by atoms with Crippen LogP contribution in [0.4, 0.5) is 5.13 Å². The van der Waals surface area contributed by atoms with Gasteiger partial charge < -0.3 is 4.74 Å². The van der Waals surface area contributed by atoms with Gasteiger partial charge in [0.2, 0.25) is 5.13 Å². The van der Waals surface area contributed by atoms with E-state index in [4.69, 9.17) is 16.3 Å². The molecule has 0 saturated carbocycles. The number of anilines is 1. The molecule has 0 fully saturated rings. The molecule has 2 aromatic heterocycles. The van der Waals surface area contributed by atoms with Crippen LogP contribution in [0.2, 0.25) is 4.34 Å². The van der Waals surface area contributed by atoms with Crippen LogP contribution in [-0.4, -0.2) is 22.4 Å². The van der Waals surface area contributed by atoms with Crippen LogP contribution in [0, 0.1) is 0 Å². The Morgan fingerprint density at radius 3 is 2.64 bits per heavy atom. The lowest BCUT2D eigenvalue weighted by molar-refractivity contribution is 0.102. The fourth-order valence-electron chi connectivity index (χ4n) is 1.72. The third kappa shape index (κ3) is 3.27. The first-order chi connectivity index (χ1) is 10.7. The summed E-state index contributed by atoms with van der Waals surface area (Å²) in [6.45, 7) is 0. The zero-order valence-electron chi connectivity index (χ0n) is 11.4. The molecule has 22 heavy (non-hydrogen) atoms. The highest BCUT2D eigenvalue weighted by Gasteiger charge is 2.12. The normalized spacial score (nSPS) is 10.5. The number of nitrogens with one attached hydrogen (secondary N) is 1. The minimum atomic E-state index is -0.241. The van der Waals surface area contributed by atoms with Crippen molar-refractivity contribution in [2.24, 2.45) is 0 Å². The molecule has 3 aromatic rings. The van der Waals surface area contributed by atoms with E-state index in [0.717, 1.165) is 16.4 Å². The Bertz CT molecular complexity index is 799. The van der Waals surface area contributed by atoms with Crippen molar-refractivity contribution in [1.82, 2.24) is 9.36 Å². The second-order valence-corrected chi connectivity index (χ2v) is 6.68. The van der Waals surface area contributed by atoms with Gasteiger partial charge in [-0.1, -0.05) is 11.6 Å². The van der Waals surface area contributed by atoms with Gasteiger partial charge in [-0.05, 0) is 36.4 Å². The summed E-state index contributed by atoms with van der Waals surface area (Å²) in [6, 6.07) is 10.5. The monoisotopic (exact) mass is 351 g/mol. The third-order valence-corrected chi connectivity index (χ3v) is 4.65. The fraction of sp³-hybridized carbons (Fsp3) is 0.0714. The van der Waals surface area contributed by atoms with E-state index in [2.05, 4.69) is 14.7 Å². The highest BCUT2D eigenvalue weighted by Crippen LogP contribution is 2.30. The second kappa shape index (κ2) is 6.43. The summed E-state index contributed by atoms with van der Waals surface area (Å²) in [4.78, 5) is 17.3. The van der Waals surface area contributed by atoms with Gasteiger partial charge in [0.1, 0.15) is 5.75 Å². The predicted molar refractivity (Wildman–Crippen MR) is 89.2 cm³/mol. The molecule has 3 rings (SSSR count). The highest BCUT2D eigenvalue weighted by atomic mass is 35.5. The number of carbonyl (C=O) groups excluding carboxylic acids is 1. The van der Waals surface area contributed by atoms with Gasteiger partial charge in [-0.3, -0.25) is 10.1 Å². The van der Waals surface area contributed by atoms with Crippen LogP contribution in [0.1, 0.15) is 10.4 Å². The van der Waals surface area contributed by atoms with Crippen LogP contribution >= 0.6 is 34.5 Å². The highest BCUT2D eigenvalue weighted by molar-refractivity contribution is 7.19. The molecule has 0 bridgehead atoms. The average molecular weight is 352 g/mol. The maximum atomic E-state index is 12.1. The Morgan fingerprint density at radius 1 is 1.23 bits per heavy atom. The van der Waals surface area contributed by atoms with Crippen molar-refractivity contribution in [3.05, 3.63) is 46.3 Å². The summed E-state index contributed by atoms with van der Waals surface area (Å²) >= 11 is 8.42. The maximum absolute atomic E-state index is 12.1. The zero-order valence-corrected chi connectivity index (χ0v) is 13.8. The number of amides is 1. The molecule has 1 amide bonds. The van der Waals surface area contributed by atoms with Crippen LogP contribution in [0.15, 0.2) is 36.4 Å². The van der Waals surface area contributed by atoms with Gasteiger partial charge in [-0.15, -0.1) is 11.3 Å². The third-order valence-electron chi connectivity index (χ3n) is 2.79. The van der Waals surface area contributed by atoms with E-state index in [9.17, 15) is 4.79 Å². The van der Waals surface area contributed by atoms with Crippen molar-refractivity contribution in [3.8, 4) is 16.5 Å². The van der Waals surface area contributed by atoms with Crippen molar-refractivity contribution in [2.45, 2.75) is 0 Å². The lowest BCUT2D eigenvalue weighted by Gasteiger charge is -2.02. The van der Waals surface area contributed by atoms with E-state index >= 15 is 0 Å². The lowest BCUT2D eigenvalue weighted by Crippen LogP contribution is -2.11. The largest absolute Gasteiger partial charge is 0.497 e. The smallest absolute Gasteiger partial charge is 0.257 e. The van der Waals surface area contributed by atoms with E-state index in [0.29, 0.717) is 26.6 Å². The zero-order chi connectivity index (χ0) is 15.5. The molecule has 0 unspecified atom stereocenters. The lowest BCUT2D eigenvalue weighted by atomic mass is 10.2. The molecule has 1 N–H and O–H groups in total. The quantitative estimate of drug-likeness (QED) is 0.765. The van der Waals surface area contributed by atoms with E-state index in [1.807, 2.05) is 6.07 Å². The molecule has 0 aliphatic rings. The molecule has 0 saturated heterocycles. The predicted octanol–water partition coefficient (Wildman–Crippen LogP) is 4.18. The Hall–Kier alpha value is -1.96. The number of carbonyl (C=O) groups is 1. The van der Waals surface area contributed by atoms with Gasteiger partial charge in [0.05, 0.1) is 16.3 Å². The SMILES string of the molecule is COc1ccc(C(=O)Nc2nc(-c3ccc(Cl)s3)ns2)cc1. The Labute approximate surface area is 139 Å². The molecule has 8 heteroatoms. The summed E-state index contributed by atoms with van der Waals surface area (Å²) in [5.74, 6) is 1.02. The number of nitrogens with zero attached hydrogens (tertiary/aromatic N) is 2. The van der Waals surface area contributed by atoms with Gasteiger partial charge >= 0.3 is 0 Å². The number of hydrogen-bond acceptors (Lipinski definition) is 6. The Kier molecular flexibility index (Phi) is 4.37. The molecule has 1 aromatic carbocycles. The molecular weight excluding hydrogens is 342 g/mol. The Balaban J connectivity index is 1.72. The van der Waals surface area contributed by atoms with Crippen LogP contribution in [-0.2, 0) is 0 Å². The molecule has 112 valence electrons. The number of benzene rings is 1. The standard InChI is InChI=1S/C14H10ClN3O2S2/c1-20-9-4-2-8(3-5-9)13(19)17-14-16-12(18-22-14)10-6-7-11(15)21-10/h2-7H,1H3,(H,16,17,18,19). The van der Waals surface area contributed by atoms with Crippen molar-refractivity contribution in [3.63, 3.8) is 0 Å². The summed E-state index contributed by atoms with van der Waals surface area (Å²) in [5.41, 5.74) is 0.525. The van der Waals surface area contributed by atoms with Gasteiger partial charge in [0, 0.05) is 17.1 Å². The van der Waals surface area contributed by atoms with Crippen LogP contribution < -0.4 is 10.1 Å². The van der Waals surface area contributed by atoms with Crippen molar-refractivity contribution < 1.29 is 9.53 Å². The molecule has 0 radical (unpaired) electrons. The van der Waals surface area contributed by atoms with Crippen LogP contribution in [0.5, 0.6) is 5.75 Å². The van der Waals surface area contributed by atoms with Gasteiger partial charge in [0.25, 0.3) is 5.91 Å². The number of halogens is 1. The average Bonchev–Trinajstić information content (AvgIpc) is 3.16. The topological polar surface area (TPSA) is 64.1 Å². The molecular formula is C14H10ClN3O2S2. The number of thiophene rings is 1. The van der Waals surface area contributed by atoms with Crippen molar-refractivity contribution >= 4 is 45.5 Å². The van der Waals surface area contributed by atoms with E-state index < -0.39 is 0 Å². The van der Waals surface area contributed by atoms with E-state index in [-0.39, 0.29) is 5.91 Å². The summed E-state index contributed by atoms with van der Waals surface area (Å²) in [5, 5.41) is 3.17. The molecule has 0 aliphatic heterocycles. The van der Waals surface area contributed by atoms with Gasteiger partial charge in [0.15, 0.2) is 5.82 Å². The number of hydrogen-bond donors (Lipinski definition) is 1. The van der Waals surface area contributed by atoms with Crippen molar-refractivity contribution in [2.75, 3.05) is 12.4 Å². The maximum Gasteiger partial charge on any atom is 0.257 e. The molecule has 0 atom stereocenters. The van der Waals surface area contributed by atoms with E-state index in [1.54, 1.807) is 37.4 Å². The summed E-state index contributed by atoms with van der Waals surface area (Å²) in [6.07, 6.45) is 0. The number of rotatable bonds is 4. The van der Waals surface area contributed by atoms with Crippen molar-refractivity contribution in [1.29, 1.82) is 0 Å². The summed E-state index contributed by atoms with van der Waals surface area (Å²) < 4.78 is 9.96.